The molecule has 2 heterocycles. The molecule has 5 nitrogen and oxygen atoms in total. The van der Waals surface area contributed by atoms with Crippen LogP contribution in [0, 0.1) is 0 Å². The molecule has 0 atom stereocenters. The Hall–Kier alpha value is -2.27. The molecule has 0 radical (unpaired) electrons. The van der Waals surface area contributed by atoms with Crippen molar-refractivity contribution in [3.63, 3.8) is 0 Å². The van der Waals surface area contributed by atoms with Crippen LogP contribution in [-0.2, 0) is 11.2 Å². The highest BCUT2D eigenvalue weighted by Crippen LogP contribution is 2.38. The van der Waals surface area contributed by atoms with Crippen molar-refractivity contribution in [2.45, 2.75) is 46.1 Å². The topological polar surface area (TPSA) is 56.4 Å². The predicted molar refractivity (Wildman–Crippen MR) is 105 cm³/mol. The summed E-state index contributed by atoms with van der Waals surface area (Å²) in [5.74, 6) is 1.49. The molecule has 0 amide bonds. The largest absolute Gasteiger partial charge is 0.493 e. The molecule has 1 aromatic carbocycles. The fourth-order valence-electron chi connectivity index (χ4n) is 3.04. The Morgan fingerprint density at radius 2 is 1.92 bits per heavy atom. The van der Waals surface area contributed by atoms with E-state index in [1.165, 1.54) is 0 Å². The lowest BCUT2D eigenvalue weighted by molar-refractivity contribution is 0.101. The highest BCUT2D eigenvalue weighted by molar-refractivity contribution is 6.09. The standard InChI is InChI=1S/C21H28N2O3/c1-6-21(3,4)26-19-13-17-14(12-18(19)24-5)20-15(9-11-25-7-2)22-10-8-16(20)23-17/h8,10,12-13,23H,6-7,9,11H2,1-5H3. The molecule has 0 aliphatic heterocycles. The Morgan fingerprint density at radius 1 is 1.12 bits per heavy atom. The summed E-state index contributed by atoms with van der Waals surface area (Å²) in [7, 11) is 1.68. The number of aromatic amines is 1. The summed E-state index contributed by atoms with van der Waals surface area (Å²) in [6.45, 7) is 9.66. The van der Waals surface area contributed by atoms with E-state index in [1.54, 1.807) is 7.11 Å². The van der Waals surface area contributed by atoms with E-state index in [0.717, 1.165) is 51.8 Å². The second-order valence-electron chi connectivity index (χ2n) is 7.02. The minimum atomic E-state index is -0.253. The van der Waals surface area contributed by atoms with Crippen molar-refractivity contribution in [3.05, 3.63) is 30.1 Å². The molecule has 26 heavy (non-hydrogen) atoms. The first kappa shape index (κ1) is 18.5. The van der Waals surface area contributed by atoms with Crippen molar-refractivity contribution >= 4 is 21.8 Å². The molecular weight excluding hydrogens is 328 g/mol. The Kier molecular flexibility index (Phi) is 5.37. The van der Waals surface area contributed by atoms with Crippen LogP contribution in [0.2, 0.25) is 0 Å². The third kappa shape index (κ3) is 3.63. The second-order valence-corrected chi connectivity index (χ2v) is 7.02. The number of rotatable bonds is 8. The number of benzene rings is 1. The van der Waals surface area contributed by atoms with E-state index in [9.17, 15) is 0 Å². The summed E-state index contributed by atoms with van der Waals surface area (Å²) >= 11 is 0. The zero-order valence-corrected chi connectivity index (χ0v) is 16.3. The van der Waals surface area contributed by atoms with Gasteiger partial charge in [-0.3, -0.25) is 4.98 Å². The Bertz CT molecular complexity index is 899. The Morgan fingerprint density at radius 3 is 2.62 bits per heavy atom. The fourth-order valence-corrected chi connectivity index (χ4v) is 3.04. The minimum Gasteiger partial charge on any atom is -0.493 e. The zero-order valence-electron chi connectivity index (χ0n) is 16.3. The molecule has 0 aliphatic carbocycles. The fraction of sp³-hybridized carbons (Fsp3) is 0.476. The van der Waals surface area contributed by atoms with E-state index in [0.29, 0.717) is 13.2 Å². The predicted octanol–water partition coefficient (Wildman–Crippen LogP) is 4.87. The summed E-state index contributed by atoms with van der Waals surface area (Å²) in [6.07, 6.45) is 3.53. The first-order valence-electron chi connectivity index (χ1n) is 9.23. The molecular formula is C21H28N2O3. The van der Waals surface area contributed by atoms with Gasteiger partial charge in [-0.15, -0.1) is 0 Å². The summed E-state index contributed by atoms with van der Waals surface area (Å²) in [5, 5.41) is 2.22. The number of hydrogen-bond acceptors (Lipinski definition) is 4. The summed E-state index contributed by atoms with van der Waals surface area (Å²) in [5.41, 5.74) is 2.87. The number of fused-ring (bicyclic) bond motifs is 3. The first-order chi connectivity index (χ1) is 12.5. The zero-order chi connectivity index (χ0) is 18.7. The maximum atomic E-state index is 6.21. The number of aromatic nitrogens is 2. The third-order valence-corrected chi connectivity index (χ3v) is 4.80. The normalized spacial score (nSPS) is 12.0. The number of hydrogen-bond donors (Lipinski definition) is 1. The molecule has 0 saturated carbocycles. The highest BCUT2D eigenvalue weighted by Gasteiger charge is 2.21. The molecule has 1 N–H and O–H groups in total. The van der Waals surface area contributed by atoms with Gasteiger partial charge in [-0.05, 0) is 39.3 Å². The van der Waals surface area contributed by atoms with E-state index in [2.05, 4.69) is 30.7 Å². The van der Waals surface area contributed by atoms with E-state index in [1.807, 2.05) is 31.3 Å². The van der Waals surface area contributed by atoms with Gasteiger partial charge in [0, 0.05) is 41.6 Å². The van der Waals surface area contributed by atoms with Crippen molar-refractivity contribution in [2.24, 2.45) is 0 Å². The summed E-state index contributed by atoms with van der Waals surface area (Å²) in [4.78, 5) is 8.07. The lowest BCUT2D eigenvalue weighted by Crippen LogP contribution is -2.27. The average molecular weight is 356 g/mol. The van der Waals surface area contributed by atoms with Gasteiger partial charge in [0.05, 0.1) is 24.9 Å². The van der Waals surface area contributed by atoms with Gasteiger partial charge in [-0.1, -0.05) is 6.92 Å². The van der Waals surface area contributed by atoms with Gasteiger partial charge >= 0.3 is 0 Å². The van der Waals surface area contributed by atoms with Crippen molar-refractivity contribution in [1.29, 1.82) is 0 Å². The van der Waals surface area contributed by atoms with Crippen molar-refractivity contribution in [1.82, 2.24) is 9.97 Å². The van der Waals surface area contributed by atoms with Crippen molar-refractivity contribution < 1.29 is 14.2 Å². The van der Waals surface area contributed by atoms with Crippen LogP contribution >= 0.6 is 0 Å². The molecule has 5 heteroatoms. The molecule has 0 aliphatic rings. The van der Waals surface area contributed by atoms with Crippen LogP contribution in [0.4, 0.5) is 0 Å². The van der Waals surface area contributed by atoms with Gasteiger partial charge < -0.3 is 19.2 Å². The van der Waals surface area contributed by atoms with Crippen molar-refractivity contribution in [2.75, 3.05) is 20.3 Å². The monoisotopic (exact) mass is 356 g/mol. The first-order valence-corrected chi connectivity index (χ1v) is 9.23. The van der Waals surface area contributed by atoms with E-state index in [4.69, 9.17) is 14.2 Å². The molecule has 0 saturated heterocycles. The van der Waals surface area contributed by atoms with Gasteiger partial charge in [-0.25, -0.2) is 0 Å². The van der Waals surface area contributed by atoms with Crippen LogP contribution < -0.4 is 9.47 Å². The van der Waals surface area contributed by atoms with Gasteiger partial charge in [0.2, 0.25) is 0 Å². The molecule has 0 unspecified atom stereocenters. The van der Waals surface area contributed by atoms with E-state index < -0.39 is 0 Å². The van der Waals surface area contributed by atoms with Crippen LogP contribution in [0.25, 0.3) is 21.8 Å². The number of pyridine rings is 1. The molecule has 2 aromatic heterocycles. The number of nitrogens with zero attached hydrogens (tertiary/aromatic N) is 1. The maximum Gasteiger partial charge on any atom is 0.164 e. The van der Waals surface area contributed by atoms with Gasteiger partial charge in [-0.2, -0.15) is 0 Å². The van der Waals surface area contributed by atoms with Crippen LogP contribution in [0.1, 0.15) is 39.8 Å². The molecule has 3 rings (SSSR count). The van der Waals surface area contributed by atoms with Gasteiger partial charge in [0.25, 0.3) is 0 Å². The molecule has 140 valence electrons. The lowest BCUT2D eigenvalue weighted by atomic mass is 10.1. The summed E-state index contributed by atoms with van der Waals surface area (Å²) in [6, 6.07) is 6.07. The Balaban J connectivity index is 2.11. The van der Waals surface area contributed by atoms with Crippen LogP contribution in [-0.4, -0.2) is 35.9 Å². The average Bonchev–Trinajstić information content (AvgIpc) is 2.99. The minimum absolute atomic E-state index is 0.253. The SMILES string of the molecule is CCOCCc1nccc2[nH]c3cc(OC(C)(C)CC)c(OC)cc3c12. The van der Waals surface area contributed by atoms with Crippen LogP contribution in [0.5, 0.6) is 11.5 Å². The highest BCUT2D eigenvalue weighted by atomic mass is 16.5. The molecule has 3 aromatic rings. The maximum absolute atomic E-state index is 6.21. The number of H-pyrrole nitrogens is 1. The van der Waals surface area contributed by atoms with Gasteiger partial charge in [0.15, 0.2) is 11.5 Å². The smallest absolute Gasteiger partial charge is 0.164 e. The van der Waals surface area contributed by atoms with Crippen molar-refractivity contribution in [3.8, 4) is 11.5 Å². The van der Waals surface area contributed by atoms with E-state index >= 15 is 0 Å². The lowest BCUT2D eigenvalue weighted by Gasteiger charge is -2.26. The molecule has 0 spiro atoms. The molecule has 0 fully saturated rings. The number of nitrogens with one attached hydrogen (secondary N) is 1. The van der Waals surface area contributed by atoms with Gasteiger partial charge in [0.1, 0.15) is 5.60 Å². The quantitative estimate of drug-likeness (QED) is 0.585. The molecule has 0 bridgehead atoms. The number of ether oxygens (including phenoxy) is 3. The number of methoxy groups -OCH3 is 1. The van der Waals surface area contributed by atoms with Crippen LogP contribution in [0.3, 0.4) is 0 Å². The van der Waals surface area contributed by atoms with Crippen LogP contribution in [0.15, 0.2) is 24.4 Å². The second kappa shape index (κ2) is 7.54. The summed E-state index contributed by atoms with van der Waals surface area (Å²) < 4.78 is 17.3. The Labute approximate surface area is 154 Å². The third-order valence-electron chi connectivity index (χ3n) is 4.80. The van der Waals surface area contributed by atoms with E-state index in [-0.39, 0.29) is 5.60 Å².